The van der Waals surface area contributed by atoms with Gasteiger partial charge in [0.2, 0.25) is 0 Å². The van der Waals surface area contributed by atoms with Crippen molar-refractivity contribution < 1.29 is 9.47 Å². The third kappa shape index (κ3) is 2.99. The van der Waals surface area contributed by atoms with Gasteiger partial charge in [0.15, 0.2) is 0 Å². The molecule has 0 N–H and O–H groups in total. The number of para-hydroxylation sites is 1. The first-order chi connectivity index (χ1) is 8.18. The molecule has 17 heavy (non-hydrogen) atoms. The van der Waals surface area contributed by atoms with Crippen molar-refractivity contribution in [1.82, 2.24) is 0 Å². The van der Waals surface area contributed by atoms with Gasteiger partial charge in [0.1, 0.15) is 12.4 Å². The van der Waals surface area contributed by atoms with Crippen LogP contribution in [0.25, 0.3) is 4.48 Å². The van der Waals surface area contributed by atoms with Crippen LogP contribution in [0.3, 0.4) is 0 Å². The zero-order valence-corrected chi connectivity index (χ0v) is 11.4. The Balaban J connectivity index is 2.11. The van der Waals surface area contributed by atoms with Crippen LogP contribution < -0.4 is 4.74 Å². The molecule has 0 aliphatic carbocycles. The second-order valence-electron chi connectivity index (χ2n) is 4.15. The topological polar surface area (TPSA) is 18.5 Å². The molecule has 0 aromatic heterocycles. The van der Waals surface area contributed by atoms with Crippen LogP contribution in [0.15, 0.2) is 42.0 Å². The molecular formula is C14H15BrO2. The van der Waals surface area contributed by atoms with E-state index in [1.165, 1.54) is 0 Å². The van der Waals surface area contributed by atoms with Crippen molar-refractivity contribution in [3.63, 3.8) is 0 Å². The van der Waals surface area contributed by atoms with E-state index in [9.17, 15) is 0 Å². The highest BCUT2D eigenvalue weighted by Gasteiger charge is 2.17. The quantitative estimate of drug-likeness (QED) is 0.787. The second-order valence-corrected chi connectivity index (χ2v) is 4.95. The predicted molar refractivity (Wildman–Crippen MR) is 73.4 cm³/mol. The van der Waals surface area contributed by atoms with Crippen molar-refractivity contribution in [2.24, 2.45) is 0 Å². The van der Waals surface area contributed by atoms with E-state index in [4.69, 9.17) is 9.47 Å². The molecule has 1 aliphatic rings. The summed E-state index contributed by atoms with van der Waals surface area (Å²) in [5.74, 6) is 0.919. The van der Waals surface area contributed by atoms with Gasteiger partial charge in [-0.15, -0.1) is 0 Å². The van der Waals surface area contributed by atoms with Crippen LogP contribution in [0.4, 0.5) is 0 Å². The van der Waals surface area contributed by atoms with E-state index in [1.807, 2.05) is 31.2 Å². The summed E-state index contributed by atoms with van der Waals surface area (Å²) in [7, 11) is 0. The number of ether oxygens (including phenoxy) is 2. The molecule has 3 heteroatoms. The van der Waals surface area contributed by atoms with Crippen molar-refractivity contribution in [2.45, 2.75) is 6.92 Å². The predicted octanol–water partition coefficient (Wildman–Crippen LogP) is 3.78. The highest BCUT2D eigenvalue weighted by molar-refractivity contribution is 9.15. The molecule has 0 radical (unpaired) electrons. The average Bonchev–Trinajstić information content (AvgIpc) is 2.32. The van der Waals surface area contributed by atoms with E-state index in [-0.39, 0.29) is 0 Å². The maximum atomic E-state index is 5.67. The maximum Gasteiger partial charge on any atom is 0.128 e. The van der Waals surface area contributed by atoms with Gasteiger partial charge in [0.25, 0.3) is 0 Å². The van der Waals surface area contributed by atoms with Crippen LogP contribution >= 0.6 is 15.9 Å². The van der Waals surface area contributed by atoms with E-state index >= 15 is 0 Å². The summed E-state index contributed by atoms with van der Waals surface area (Å²) in [6, 6.07) is 7.99. The molecule has 0 fully saturated rings. The van der Waals surface area contributed by atoms with Gasteiger partial charge in [-0.2, -0.15) is 0 Å². The van der Waals surface area contributed by atoms with Crippen LogP contribution in [-0.4, -0.2) is 19.8 Å². The van der Waals surface area contributed by atoms with Gasteiger partial charge in [-0.05, 0) is 28.9 Å². The Labute approximate surface area is 110 Å². The largest absolute Gasteiger partial charge is 0.488 e. The molecule has 0 saturated heterocycles. The number of fused-ring (bicyclic) bond motifs is 1. The fraction of sp³-hybridized carbons (Fsp3) is 0.286. The molecule has 1 aromatic carbocycles. The molecule has 0 atom stereocenters. The van der Waals surface area contributed by atoms with E-state index in [0.29, 0.717) is 19.8 Å². The first kappa shape index (κ1) is 12.4. The van der Waals surface area contributed by atoms with Gasteiger partial charge in [0, 0.05) is 15.6 Å². The first-order valence-corrected chi connectivity index (χ1v) is 6.29. The van der Waals surface area contributed by atoms with E-state index in [0.717, 1.165) is 26.9 Å². The lowest BCUT2D eigenvalue weighted by Gasteiger charge is -2.21. The molecule has 0 bridgehead atoms. The molecule has 1 heterocycles. The van der Waals surface area contributed by atoms with Gasteiger partial charge in [0.05, 0.1) is 13.2 Å². The highest BCUT2D eigenvalue weighted by Crippen LogP contribution is 2.36. The Morgan fingerprint density at radius 1 is 1.47 bits per heavy atom. The van der Waals surface area contributed by atoms with E-state index in [2.05, 4.69) is 22.5 Å². The zero-order chi connectivity index (χ0) is 12.3. The molecule has 1 aliphatic heterocycles. The third-order valence-electron chi connectivity index (χ3n) is 2.46. The molecule has 1 aromatic rings. The second kappa shape index (κ2) is 5.52. The summed E-state index contributed by atoms with van der Waals surface area (Å²) in [5, 5.41) is 0. The lowest BCUT2D eigenvalue weighted by atomic mass is 10.1. The van der Waals surface area contributed by atoms with Gasteiger partial charge in [-0.3, -0.25) is 0 Å². The number of rotatable bonds is 4. The first-order valence-electron chi connectivity index (χ1n) is 5.50. The summed E-state index contributed by atoms with van der Waals surface area (Å²) in [6.07, 6.45) is 0. The maximum absolute atomic E-state index is 5.67. The minimum Gasteiger partial charge on any atom is -0.488 e. The van der Waals surface area contributed by atoms with Crippen LogP contribution in [0.2, 0.25) is 0 Å². The normalized spacial score (nSPS) is 14.2. The molecule has 0 unspecified atom stereocenters. The number of benzene rings is 1. The Kier molecular flexibility index (Phi) is 4.02. The fourth-order valence-corrected chi connectivity index (χ4v) is 2.20. The van der Waals surface area contributed by atoms with Crippen LogP contribution in [0.5, 0.6) is 5.75 Å². The van der Waals surface area contributed by atoms with Crippen molar-refractivity contribution in [3.8, 4) is 5.75 Å². The average molecular weight is 295 g/mol. The van der Waals surface area contributed by atoms with Crippen LogP contribution in [-0.2, 0) is 4.74 Å². The van der Waals surface area contributed by atoms with Crippen molar-refractivity contribution in [2.75, 3.05) is 19.8 Å². The molecule has 90 valence electrons. The van der Waals surface area contributed by atoms with E-state index < -0.39 is 0 Å². The Bertz CT molecular complexity index is 463. The summed E-state index contributed by atoms with van der Waals surface area (Å²) in [4.78, 5) is 0. The Hall–Kier alpha value is -1.06. The molecule has 0 amide bonds. The van der Waals surface area contributed by atoms with E-state index in [1.54, 1.807) is 0 Å². The standard InChI is InChI=1S/C14H15BrO2/c1-10(2)7-16-8-11-9-17-13-6-4-3-5-12(13)14(11)15/h3-6H,1,7-9H2,2H3. The number of hydrogen-bond donors (Lipinski definition) is 0. The van der Waals surface area contributed by atoms with Gasteiger partial charge in [-0.1, -0.05) is 30.4 Å². The van der Waals surface area contributed by atoms with Crippen LogP contribution in [0, 0.1) is 0 Å². The Morgan fingerprint density at radius 2 is 2.24 bits per heavy atom. The van der Waals surface area contributed by atoms with Crippen LogP contribution in [0.1, 0.15) is 12.5 Å². The summed E-state index contributed by atoms with van der Waals surface area (Å²) in [5.41, 5.74) is 3.25. The van der Waals surface area contributed by atoms with Crippen molar-refractivity contribution in [3.05, 3.63) is 47.6 Å². The molecule has 0 saturated carbocycles. The minimum atomic E-state index is 0.571. The highest BCUT2D eigenvalue weighted by atomic mass is 79.9. The monoisotopic (exact) mass is 294 g/mol. The molecule has 2 nitrogen and oxygen atoms in total. The Morgan fingerprint density at radius 3 is 3.00 bits per heavy atom. The number of hydrogen-bond acceptors (Lipinski definition) is 2. The molecule has 2 rings (SSSR count). The minimum absolute atomic E-state index is 0.571. The van der Waals surface area contributed by atoms with Gasteiger partial charge < -0.3 is 9.47 Å². The lowest BCUT2D eigenvalue weighted by molar-refractivity contribution is 0.170. The SMILES string of the molecule is C=C(C)COCC1=C(Br)c2ccccc2OC1. The smallest absolute Gasteiger partial charge is 0.128 e. The molecule has 0 spiro atoms. The summed E-state index contributed by atoms with van der Waals surface area (Å²) in [6.45, 7) is 7.50. The van der Waals surface area contributed by atoms with Crippen molar-refractivity contribution >= 4 is 20.4 Å². The zero-order valence-electron chi connectivity index (χ0n) is 9.83. The fourth-order valence-electron chi connectivity index (χ4n) is 1.65. The summed E-state index contributed by atoms with van der Waals surface area (Å²) >= 11 is 3.62. The summed E-state index contributed by atoms with van der Waals surface area (Å²) < 4.78 is 12.3. The lowest BCUT2D eigenvalue weighted by Crippen LogP contribution is -2.14. The van der Waals surface area contributed by atoms with Gasteiger partial charge >= 0.3 is 0 Å². The number of halogens is 1. The van der Waals surface area contributed by atoms with Crippen molar-refractivity contribution in [1.29, 1.82) is 0 Å². The molecular weight excluding hydrogens is 280 g/mol. The van der Waals surface area contributed by atoms with Gasteiger partial charge in [-0.25, -0.2) is 0 Å². The third-order valence-corrected chi connectivity index (χ3v) is 3.45.